The maximum absolute atomic E-state index is 10.3. The Morgan fingerprint density at radius 2 is 0.929 bits per heavy atom. The summed E-state index contributed by atoms with van der Waals surface area (Å²) in [5.74, 6) is 0. The highest BCUT2D eigenvalue weighted by Crippen LogP contribution is 2.62. The van der Waals surface area contributed by atoms with Crippen molar-refractivity contribution in [3.8, 4) is 22.3 Å². The van der Waals surface area contributed by atoms with Gasteiger partial charge in [0.2, 0.25) is 0 Å². The summed E-state index contributed by atoms with van der Waals surface area (Å²) in [5.41, 5.74) is 9.30. The standard InChI is InChI=1S/C25H17BO2/c27-26(28)23-15-7-11-19-18-10-3-6-14-22(18)25(24(19)23)20-12-4-1-8-16(20)17-9-2-5-13-21(17)25/h1-15,27-28H. The predicted octanol–water partition coefficient (Wildman–Crippen LogP) is 3.71. The first-order chi connectivity index (χ1) is 13.7. The van der Waals surface area contributed by atoms with Crippen molar-refractivity contribution in [1.82, 2.24) is 0 Å². The van der Waals surface area contributed by atoms with Gasteiger partial charge in [0.1, 0.15) is 0 Å². The van der Waals surface area contributed by atoms with E-state index in [0.29, 0.717) is 5.46 Å². The van der Waals surface area contributed by atoms with Crippen LogP contribution in [0.1, 0.15) is 22.3 Å². The molecule has 0 amide bonds. The largest absolute Gasteiger partial charge is 0.488 e. The average Bonchev–Trinajstić information content (AvgIpc) is 3.21. The number of benzene rings is 4. The van der Waals surface area contributed by atoms with E-state index in [9.17, 15) is 10.0 Å². The van der Waals surface area contributed by atoms with Crippen molar-refractivity contribution in [3.05, 3.63) is 113 Å². The Kier molecular flexibility index (Phi) is 3.09. The van der Waals surface area contributed by atoms with Gasteiger partial charge in [-0.2, -0.15) is 0 Å². The molecule has 0 radical (unpaired) electrons. The zero-order chi connectivity index (χ0) is 18.9. The zero-order valence-electron chi connectivity index (χ0n) is 15.1. The van der Waals surface area contributed by atoms with E-state index in [1.54, 1.807) is 0 Å². The van der Waals surface area contributed by atoms with Gasteiger partial charge in [-0.3, -0.25) is 0 Å². The lowest BCUT2D eigenvalue weighted by Gasteiger charge is -2.32. The van der Waals surface area contributed by atoms with Crippen molar-refractivity contribution in [2.75, 3.05) is 0 Å². The lowest BCUT2D eigenvalue weighted by atomic mass is 9.64. The highest BCUT2D eigenvalue weighted by molar-refractivity contribution is 6.59. The first-order valence-electron chi connectivity index (χ1n) is 9.53. The Balaban J connectivity index is 1.88. The normalized spacial score (nSPS) is 14.4. The molecule has 132 valence electrons. The minimum atomic E-state index is -1.53. The van der Waals surface area contributed by atoms with Crippen molar-refractivity contribution in [2.45, 2.75) is 5.41 Å². The fourth-order valence-corrected chi connectivity index (χ4v) is 5.40. The van der Waals surface area contributed by atoms with Crippen molar-refractivity contribution >= 4 is 12.6 Å². The van der Waals surface area contributed by atoms with E-state index in [2.05, 4.69) is 78.9 Å². The molecule has 0 bridgehead atoms. The second-order valence-electron chi connectivity index (χ2n) is 7.53. The molecular formula is C25H17BO2. The van der Waals surface area contributed by atoms with Crippen molar-refractivity contribution < 1.29 is 10.0 Å². The van der Waals surface area contributed by atoms with Crippen LogP contribution in [0.4, 0.5) is 0 Å². The second-order valence-corrected chi connectivity index (χ2v) is 7.53. The van der Waals surface area contributed by atoms with Crippen LogP contribution in [0, 0.1) is 0 Å². The average molecular weight is 360 g/mol. The SMILES string of the molecule is OB(O)c1cccc2c1C1(c3ccccc3-c3ccccc31)c1ccccc1-2. The number of rotatable bonds is 1. The molecule has 28 heavy (non-hydrogen) atoms. The van der Waals surface area contributed by atoms with Crippen LogP contribution in [-0.2, 0) is 5.41 Å². The number of hydrogen-bond acceptors (Lipinski definition) is 2. The van der Waals surface area contributed by atoms with Crippen LogP contribution < -0.4 is 5.46 Å². The third kappa shape index (κ3) is 1.71. The molecule has 4 aromatic carbocycles. The smallest absolute Gasteiger partial charge is 0.423 e. The summed E-state index contributed by atoms with van der Waals surface area (Å²) < 4.78 is 0. The van der Waals surface area contributed by atoms with Crippen molar-refractivity contribution in [1.29, 1.82) is 0 Å². The fraction of sp³-hybridized carbons (Fsp3) is 0.0400. The first-order valence-corrected chi connectivity index (χ1v) is 9.53. The summed E-state index contributed by atoms with van der Waals surface area (Å²) in [4.78, 5) is 0. The van der Waals surface area contributed by atoms with Crippen LogP contribution in [0.5, 0.6) is 0 Å². The van der Waals surface area contributed by atoms with Gasteiger partial charge in [0.15, 0.2) is 0 Å². The Labute approximate surface area is 163 Å². The zero-order valence-corrected chi connectivity index (χ0v) is 15.1. The van der Waals surface area contributed by atoms with E-state index in [1.165, 1.54) is 27.8 Å². The van der Waals surface area contributed by atoms with E-state index >= 15 is 0 Å². The molecule has 2 N–H and O–H groups in total. The summed E-state index contributed by atoms with van der Waals surface area (Å²) in [5, 5.41) is 20.5. The van der Waals surface area contributed by atoms with Gasteiger partial charge < -0.3 is 10.0 Å². The van der Waals surface area contributed by atoms with Crippen LogP contribution in [0.25, 0.3) is 22.3 Å². The van der Waals surface area contributed by atoms with Crippen LogP contribution >= 0.6 is 0 Å². The van der Waals surface area contributed by atoms with Crippen LogP contribution in [0.2, 0.25) is 0 Å². The molecule has 0 atom stereocenters. The Bertz CT molecular complexity index is 1200. The molecule has 4 aromatic rings. The van der Waals surface area contributed by atoms with E-state index in [0.717, 1.165) is 16.7 Å². The molecule has 0 saturated heterocycles. The fourth-order valence-electron chi connectivity index (χ4n) is 5.40. The lowest BCUT2D eigenvalue weighted by molar-refractivity contribution is 0.425. The third-order valence-electron chi connectivity index (χ3n) is 6.32. The minimum absolute atomic E-state index is 0.528. The molecule has 0 saturated carbocycles. The minimum Gasteiger partial charge on any atom is -0.423 e. The highest BCUT2D eigenvalue weighted by atomic mass is 16.4. The molecule has 2 aliphatic carbocycles. The molecule has 0 heterocycles. The maximum Gasteiger partial charge on any atom is 0.488 e. The number of hydrogen-bond donors (Lipinski definition) is 2. The summed E-state index contributed by atoms with van der Waals surface area (Å²) in [7, 11) is -1.53. The summed E-state index contributed by atoms with van der Waals surface area (Å²) in [6.07, 6.45) is 0. The maximum atomic E-state index is 10.3. The van der Waals surface area contributed by atoms with Crippen LogP contribution in [0.3, 0.4) is 0 Å². The third-order valence-corrected chi connectivity index (χ3v) is 6.32. The van der Waals surface area contributed by atoms with Gasteiger partial charge in [0.05, 0.1) is 5.41 Å². The molecule has 0 fully saturated rings. The van der Waals surface area contributed by atoms with Gasteiger partial charge in [-0.1, -0.05) is 91.0 Å². The second kappa shape index (κ2) is 5.45. The molecule has 1 spiro atoms. The van der Waals surface area contributed by atoms with Crippen LogP contribution in [-0.4, -0.2) is 17.2 Å². The highest BCUT2D eigenvalue weighted by Gasteiger charge is 2.53. The summed E-state index contributed by atoms with van der Waals surface area (Å²) >= 11 is 0. The van der Waals surface area contributed by atoms with Crippen molar-refractivity contribution in [2.24, 2.45) is 0 Å². The van der Waals surface area contributed by atoms with E-state index in [1.807, 2.05) is 12.1 Å². The monoisotopic (exact) mass is 360 g/mol. The van der Waals surface area contributed by atoms with Gasteiger partial charge >= 0.3 is 7.12 Å². The van der Waals surface area contributed by atoms with Gasteiger partial charge in [-0.25, -0.2) is 0 Å². The molecule has 0 aromatic heterocycles. The topological polar surface area (TPSA) is 40.5 Å². The quantitative estimate of drug-likeness (QED) is 0.439. The number of fused-ring (bicyclic) bond motifs is 10. The molecule has 0 aliphatic heterocycles. The molecule has 0 unspecified atom stereocenters. The Morgan fingerprint density at radius 3 is 1.43 bits per heavy atom. The van der Waals surface area contributed by atoms with Gasteiger partial charge in [-0.05, 0) is 50.0 Å². The predicted molar refractivity (Wildman–Crippen MR) is 113 cm³/mol. The van der Waals surface area contributed by atoms with E-state index in [4.69, 9.17) is 0 Å². The Morgan fingerprint density at radius 1 is 0.500 bits per heavy atom. The molecule has 3 heteroatoms. The summed E-state index contributed by atoms with van der Waals surface area (Å²) in [6, 6.07) is 31.3. The van der Waals surface area contributed by atoms with Crippen LogP contribution in [0.15, 0.2) is 91.0 Å². The van der Waals surface area contributed by atoms with Gasteiger partial charge in [-0.15, -0.1) is 0 Å². The summed E-state index contributed by atoms with van der Waals surface area (Å²) in [6.45, 7) is 0. The van der Waals surface area contributed by atoms with Gasteiger partial charge in [0.25, 0.3) is 0 Å². The first kappa shape index (κ1) is 15.9. The molecular weight excluding hydrogens is 343 g/mol. The van der Waals surface area contributed by atoms with Crippen molar-refractivity contribution in [3.63, 3.8) is 0 Å². The molecule has 2 nitrogen and oxygen atoms in total. The Hall–Kier alpha value is -3.14. The van der Waals surface area contributed by atoms with Gasteiger partial charge in [0, 0.05) is 0 Å². The van der Waals surface area contributed by atoms with E-state index in [-0.39, 0.29) is 0 Å². The van der Waals surface area contributed by atoms with E-state index < -0.39 is 12.5 Å². The molecule has 2 aliphatic rings. The lowest BCUT2D eigenvalue weighted by Crippen LogP contribution is -2.40. The molecule has 6 rings (SSSR count).